The number of hydrogen-bond acceptors (Lipinski definition) is 2. The fraction of sp³-hybridized carbons (Fsp3) is 0.111. The zero-order chi connectivity index (χ0) is 10.3. The standard InChI is InChI=1S/C9H5BrF2OS/c10-8-7(9(11)12)5-2-1-4(13)3-6(5)14-8/h1-3,9,13H. The number of halogens is 3. The largest absolute Gasteiger partial charge is 0.508 e. The van der Waals surface area contributed by atoms with E-state index in [4.69, 9.17) is 0 Å². The quantitative estimate of drug-likeness (QED) is 0.824. The van der Waals surface area contributed by atoms with Crippen molar-refractivity contribution in [2.75, 3.05) is 0 Å². The second-order valence-electron chi connectivity index (χ2n) is 2.77. The molecule has 0 saturated heterocycles. The van der Waals surface area contributed by atoms with Gasteiger partial charge < -0.3 is 5.11 Å². The van der Waals surface area contributed by atoms with Gasteiger partial charge in [0.2, 0.25) is 0 Å². The molecule has 0 atom stereocenters. The number of thiophene rings is 1. The number of rotatable bonds is 1. The first-order chi connectivity index (χ1) is 6.59. The van der Waals surface area contributed by atoms with Crippen molar-refractivity contribution in [1.82, 2.24) is 0 Å². The first-order valence-electron chi connectivity index (χ1n) is 3.78. The first-order valence-corrected chi connectivity index (χ1v) is 5.39. The van der Waals surface area contributed by atoms with E-state index < -0.39 is 6.43 Å². The van der Waals surface area contributed by atoms with Crippen LogP contribution in [-0.2, 0) is 0 Å². The van der Waals surface area contributed by atoms with Gasteiger partial charge in [-0.15, -0.1) is 11.3 Å². The zero-order valence-electron chi connectivity index (χ0n) is 6.80. The monoisotopic (exact) mass is 278 g/mol. The smallest absolute Gasteiger partial charge is 0.266 e. The van der Waals surface area contributed by atoms with E-state index in [0.717, 1.165) is 0 Å². The predicted octanol–water partition coefficient (Wildman–Crippen LogP) is 4.31. The molecule has 0 amide bonds. The third-order valence-corrected chi connectivity index (χ3v) is 3.75. The molecule has 0 bridgehead atoms. The second-order valence-corrected chi connectivity index (χ2v) is 5.14. The Balaban J connectivity index is 2.77. The van der Waals surface area contributed by atoms with Gasteiger partial charge in [-0.2, -0.15) is 0 Å². The van der Waals surface area contributed by atoms with Crippen molar-refractivity contribution in [3.63, 3.8) is 0 Å². The molecule has 0 aliphatic heterocycles. The number of aromatic hydroxyl groups is 1. The maximum atomic E-state index is 12.6. The van der Waals surface area contributed by atoms with E-state index in [1.54, 1.807) is 0 Å². The summed E-state index contributed by atoms with van der Waals surface area (Å²) in [5.74, 6) is 0.0899. The molecule has 0 spiro atoms. The SMILES string of the molecule is Oc1ccc2c(C(F)F)c(Br)sc2c1. The average Bonchev–Trinajstić information content (AvgIpc) is 2.39. The van der Waals surface area contributed by atoms with Crippen LogP contribution < -0.4 is 0 Å². The highest BCUT2D eigenvalue weighted by Crippen LogP contribution is 2.41. The molecule has 5 heteroatoms. The van der Waals surface area contributed by atoms with Gasteiger partial charge in [0, 0.05) is 10.1 Å². The van der Waals surface area contributed by atoms with Crippen LogP contribution in [-0.4, -0.2) is 5.11 Å². The van der Waals surface area contributed by atoms with E-state index in [1.165, 1.54) is 29.5 Å². The van der Waals surface area contributed by atoms with Crippen molar-refractivity contribution in [2.24, 2.45) is 0 Å². The van der Waals surface area contributed by atoms with Crippen molar-refractivity contribution in [2.45, 2.75) is 6.43 Å². The van der Waals surface area contributed by atoms with E-state index in [-0.39, 0.29) is 11.3 Å². The lowest BCUT2D eigenvalue weighted by Gasteiger charge is -1.97. The van der Waals surface area contributed by atoms with Crippen LogP contribution in [0.15, 0.2) is 22.0 Å². The van der Waals surface area contributed by atoms with Crippen LogP contribution >= 0.6 is 27.3 Å². The fourth-order valence-corrected chi connectivity index (χ4v) is 3.16. The minimum absolute atomic E-state index is 0.00463. The summed E-state index contributed by atoms with van der Waals surface area (Å²) in [5, 5.41) is 9.67. The summed E-state index contributed by atoms with van der Waals surface area (Å²) in [6.45, 7) is 0. The van der Waals surface area contributed by atoms with Gasteiger partial charge in [-0.1, -0.05) is 0 Å². The molecule has 1 heterocycles. The van der Waals surface area contributed by atoms with Gasteiger partial charge in [-0.25, -0.2) is 8.78 Å². The highest BCUT2D eigenvalue weighted by Gasteiger charge is 2.18. The van der Waals surface area contributed by atoms with E-state index in [2.05, 4.69) is 15.9 Å². The van der Waals surface area contributed by atoms with Gasteiger partial charge in [0.1, 0.15) is 5.75 Å². The van der Waals surface area contributed by atoms with Crippen LogP contribution in [0.1, 0.15) is 12.0 Å². The predicted molar refractivity (Wildman–Crippen MR) is 56.1 cm³/mol. The molecule has 1 aromatic carbocycles. The molecule has 2 rings (SSSR count). The Bertz CT molecular complexity index is 481. The van der Waals surface area contributed by atoms with Crippen molar-refractivity contribution < 1.29 is 13.9 Å². The molecular weight excluding hydrogens is 274 g/mol. The molecule has 0 unspecified atom stereocenters. The number of phenols is 1. The molecule has 1 nitrogen and oxygen atoms in total. The minimum atomic E-state index is -2.50. The summed E-state index contributed by atoms with van der Waals surface area (Å²) in [6.07, 6.45) is -2.50. The highest BCUT2D eigenvalue weighted by atomic mass is 79.9. The summed E-state index contributed by atoms with van der Waals surface area (Å²) >= 11 is 4.29. The number of alkyl halides is 2. The molecule has 14 heavy (non-hydrogen) atoms. The van der Waals surface area contributed by atoms with Crippen molar-refractivity contribution >= 4 is 37.4 Å². The van der Waals surface area contributed by atoms with Gasteiger partial charge in [0.25, 0.3) is 6.43 Å². The van der Waals surface area contributed by atoms with Gasteiger partial charge in [0.15, 0.2) is 0 Å². The third kappa shape index (κ3) is 1.50. The summed E-state index contributed by atoms with van der Waals surface area (Å²) in [5.41, 5.74) is 0.00463. The number of fused-ring (bicyclic) bond motifs is 1. The molecule has 0 fully saturated rings. The van der Waals surface area contributed by atoms with Crippen molar-refractivity contribution in [3.05, 3.63) is 27.5 Å². The van der Waals surface area contributed by atoms with Crippen LogP contribution in [0.25, 0.3) is 10.1 Å². The number of hydrogen-bond donors (Lipinski definition) is 1. The molecule has 0 saturated carbocycles. The summed E-state index contributed by atoms with van der Waals surface area (Å²) in [6, 6.07) is 4.40. The lowest BCUT2D eigenvalue weighted by Crippen LogP contribution is -1.81. The Kier molecular flexibility index (Phi) is 2.45. The van der Waals surface area contributed by atoms with Crippen LogP contribution in [0.3, 0.4) is 0 Å². The Morgan fingerprint density at radius 1 is 1.36 bits per heavy atom. The highest BCUT2D eigenvalue weighted by molar-refractivity contribution is 9.11. The summed E-state index contributed by atoms with van der Waals surface area (Å²) < 4.78 is 26.3. The molecule has 74 valence electrons. The fourth-order valence-electron chi connectivity index (χ4n) is 1.28. The van der Waals surface area contributed by atoms with E-state index in [0.29, 0.717) is 13.9 Å². The average molecular weight is 279 g/mol. The molecule has 0 aliphatic carbocycles. The Morgan fingerprint density at radius 2 is 2.07 bits per heavy atom. The van der Waals surface area contributed by atoms with Crippen LogP contribution in [0.4, 0.5) is 8.78 Å². The van der Waals surface area contributed by atoms with E-state index in [9.17, 15) is 13.9 Å². The maximum absolute atomic E-state index is 12.6. The molecule has 1 aromatic heterocycles. The van der Waals surface area contributed by atoms with Gasteiger partial charge >= 0.3 is 0 Å². The second kappa shape index (κ2) is 3.47. The van der Waals surface area contributed by atoms with E-state index in [1.807, 2.05) is 0 Å². The third-order valence-electron chi connectivity index (χ3n) is 1.88. The lowest BCUT2D eigenvalue weighted by molar-refractivity contribution is 0.153. The molecule has 0 aliphatic rings. The first kappa shape index (κ1) is 9.86. The van der Waals surface area contributed by atoms with Crippen molar-refractivity contribution in [1.29, 1.82) is 0 Å². The molecule has 2 aromatic rings. The normalized spacial score (nSPS) is 11.4. The Labute approximate surface area is 91.1 Å². The van der Waals surface area contributed by atoms with Crippen LogP contribution in [0.5, 0.6) is 5.75 Å². The lowest BCUT2D eigenvalue weighted by atomic mass is 10.2. The van der Waals surface area contributed by atoms with Crippen LogP contribution in [0, 0.1) is 0 Å². The molecule has 0 radical (unpaired) electrons. The number of benzene rings is 1. The van der Waals surface area contributed by atoms with Gasteiger partial charge in [0.05, 0.1) is 9.35 Å². The Morgan fingerprint density at radius 3 is 2.71 bits per heavy atom. The molecular formula is C9H5BrF2OS. The van der Waals surface area contributed by atoms with Crippen LogP contribution in [0.2, 0.25) is 0 Å². The number of phenolic OH excluding ortho intramolecular Hbond substituents is 1. The van der Waals surface area contributed by atoms with E-state index >= 15 is 0 Å². The topological polar surface area (TPSA) is 20.2 Å². The summed E-state index contributed by atoms with van der Waals surface area (Å²) in [4.78, 5) is 0. The summed E-state index contributed by atoms with van der Waals surface area (Å²) in [7, 11) is 0. The van der Waals surface area contributed by atoms with Gasteiger partial charge in [-0.3, -0.25) is 0 Å². The zero-order valence-corrected chi connectivity index (χ0v) is 9.20. The minimum Gasteiger partial charge on any atom is -0.508 e. The maximum Gasteiger partial charge on any atom is 0.266 e. The van der Waals surface area contributed by atoms with Crippen molar-refractivity contribution in [3.8, 4) is 5.75 Å². The van der Waals surface area contributed by atoms with Gasteiger partial charge in [-0.05, 0) is 34.1 Å². The molecule has 1 N–H and O–H groups in total. The Hall–Kier alpha value is -0.680.